The van der Waals surface area contributed by atoms with Gasteiger partial charge in [0.05, 0.1) is 37.5 Å². The first-order valence-corrected chi connectivity index (χ1v) is 18.3. The van der Waals surface area contributed by atoms with Gasteiger partial charge in [0.25, 0.3) is 11.1 Å². The van der Waals surface area contributed by atoms with Crippen molar-refractivity contribution in [3.8, 4) is 11.5 Å². The third-order valence-corrected chi connectivity index (χ3v) is 10.1. The summed E-state index contributed by atoms with van der Waals surface area (Å²) in [5, 5.41) is 7.49. The highest BCUT2D eigenvalue weighted by molar-refractivity contribution is 7.48. The predicted octanol–water partition coefficient (Wildman–Crippen LogP) is 4.08. The van der Waals surface area contributed by atoms with Crippen LogP contribution in [-0.2, 0) is 23.1 Å². The van der Waals surface area contributed by atoms with Crippen LogP contribution in [0.3, 0.4) is 0 Å². The van der Waals surface area contributed by atoms with E-state index in [4.69, 9.17) is 27.8 Å². The largest absolute Gasteiger partial charge is 0.530 e. The van der Waals surface area contributed by atoms with Crippen LogP contribution in [0.15, 0.2) is 96.4 Å². The maximum absolute atomic E-state index is 14.6. The van der Waals surface area contributed by atoms with Crippen molar-refractivity contribution in [2.24, 2.45) is 10.2 Å². The summed E-state index contributed by atoms with van der Waals surface area (Å²) < 4.78 is 51.6. The predicted molar refractivity (Wildman–Crippen MR) is 193 cm³/mol. The molecule has 0 saturated carbocycles. The molecular weight excluding hydrogens is 759 g/mol. The normalized spacial score (nSPS) is 22.7. The van der Waals surface area contributed by atoms with Crippen molar-refractivity contribution in [1.29, 1.82) is 0 Å². The van der Waals surface area contributed by atoms with Gasteiger partial charge in [-0.2, -0.15) is 0 Å². The van der Waals surface area contributed by atoms with Gasteiger partial charge in [-0.05, 0) is 49.2 Å². The van der Waals surface area contributed by atoms with Crippen LogP contribution >= 0.6 is 7.82 Å². The van der Waals surface area contributed by atoms with E-state index in [0.29, 0.717) is 0 Å². The second kappa shape index (κ2) is 17.1. The molecule has 23 heteroatoms. The molecule has 22 nitrogen and oxygen atoms in total. The summed E-state index contributed by atoms with van der Waals surface area (Å²) in [6.07, 6.45) is -1.89. The van der Waals surface area contributed by atoms with Crippen molar-refractivity contribution in [3.63, 3.8) is 0 Å². The van der Waals surface area contributed by atoms with E-state index in [0.717, 1.165) is 9.13 Å². The quantitative estimate of drug-likeness (QED) is 0.0456. The maximum Gasteiger partial charge on any atom is 0.530 e. The molecule has 2 saturated heterocycles. The molecule has 4 heterocycles. The van der Waals surface area contributed by atoms with Crippen LogP contribution in [-0.4, -0.2) is 62.6 Å². The number of aryl methyl sites for hydroxylation is 2. The van der Waals surface area contributed by atoms with E-state index < -0.39 is 86.3 Å². The molecule has 2 aliphatic heterocycles. The van der Waals surface area contributed by atoms with Gasteiger partial charge in [-0.25, -0.2) is 18.9 Å². The molecule has 2 aromatic carbocycles. The highest BCUT2D eigenvalue weighted by Gasteiger charge is 2.43. The van der Waals surface area contributed by atoms with Crippen molar-refractivity contribution in [2.75, 3.05) is 13.2 Å². The molecule has 2 fully saturated rings. The first kappa shape index (κ1) is 39.5. The summed E-state index contributed by atoms with van der Waals surface area (Å²) in [4.78, 5) is 72.5. The van der Waals surface area contributed by atoms with Gasteiger partial charge in [-0.15, -0.1) is 0 Å². The SMILES string of the molecule is Cc1cn([C@H]2C[C@H](N=[N+]=[N-])[C@@H](COP(=O)(OC[C@H]3O[C@@H](n4cc(C)c(=O)[nH]c4=O)C[C@@H]3N=[N+]=[N-])Oc3ccccc3C(=O)Oc3ccccc3)O2)c(=O)[nH]c1=O. The molecule has 2 aromatic heterocycles. The number of phosphoric ester groups is 1. The van der Waals surface area contributed by atoms with Crippen LogP contribution in [0.2, 0.25) is 0 Å². The number of H-pyrrole nitrogens is 2. The van der Waals surface area contributed by atoms with Gasteiger partial charge < -0.3 is 18.7 Å². The van der Waals surface area contributed by atoms with E-state index in [1.807, 2.05) is 0 Å². The summed E-state index contributed by atoms with van der Waals surface area (Å²) in [6.45, 7) is 1.73. The fraction of sp³-hybridized carbons (Fsp3) is 0.364. The van der Waals surface area contributed by atoms with E-state index in [-0.39, 0.29) is 41.0 Å². The van der Waals surface area contributed by atoms with E-state index in [1.165, 1.54) is 50.5 Å². The molecule has 2 aliphatic rings. The zero-order chi connectivity index (χ0) is 40.0. The summed E-state index contributed by atoms with van der Waals surface area (Å²) in [7, 11) is -4.89. The number of carbonyl (C=O) groups is 1. The van der Waals surface area contributed by atoms with Gasteiger partial charge in [0.15, 0.2) is 0 Å². The van der Waals surface area contributed by atoms with Crippen LogP contribution < -0.4 is 31.8 Å². The summed E-state index contributed by atoms with van der Waals surface area (Å²) in [5.74, 6) is -0.945. The number of aromatic nitrogens is 4. The van der Waals surface area contributed by atoms with Crippen molar-refractivity contribution < 1.29 is 37.1 Å². The number of ether oxygens (including phenoxy) is 3. The van der Waals surface area contributed by atoms with E-state index in [9.17, 15) is 39.6 Å². The lowest BCUT2D eigenvalue weighted by atomic mass is 10.1. The molecule has 0 bridgehead atoms. The maximum atomic E-state index is 14.6. The molecule has 6 rings (SSSR count). The fourth-order valence-corrected chi connectivity index (χ4v) is 7.19. The molecule has 2 N–H and O–H groups in total. The Labute approximate surface area is 314 Å². The average molecular weight is 793 g/mol. The molecule has 0 unspecified atom stereocenters. The number of para-hydroxylation sites is 2. The fourth-order valence-electron chi connectivity index (χ4n) is 5.95. The van der Waals surface area contributed by atoms with Crippen LogP contribution in [0.25, 0.3) is 20.9 Å². The van der Waals surface area contributed by atoms with Crippen LogP contribution in [0.4, 0.5) is 0 Å². The first-order valence-electron chi connectivity index (χ1n) is 16.9. The Morgan fingerprint density at radius 1 is 0.804 bits per heavy atom. The third kappa shape index (κ3) is 8.99. The zero-order valence-electron chi connectivity index (χ0n) is 29.6. The monoisotopic (exact) mass is 792 g/mol. The summed E-state index contributed by atoms with van der Waals surface area (Å²) in [5.41, 5.74) is 16.0. The molecule has 56 heavy (non-hydrogen) atoms. The highest BCUT2D eigenvalue weighted by atomic mass is 31.2. The van der Waals surface area contributed by atoms with Crippen molar-refractivity contribution in [3.05, 3.63) is 146 Å². The van der Waals surface area contributed by atoms with Crippen molar-refractivity contribution >= 4 is 13.8 Å². The number of esters is 1. The Kier molecular flexibility index (Phi) is 12.0. The molecule has 0 radical (unpaired) electrons. The molecule has 0 amide bonds. The Morgan fingerprint density at radius 2 is 1.29 bits per heavy atom. The number of hydrogen-bond donors (Lipinski definition) is 2. The number of benzene rings is 2. The molecule has 6 atom stereocenters. The molecule has 0 spiro atoms. The second-order valence-electron chi connectivity index (χ2n) is 12.6. The second-order valence-corrected chi connectivity index (χ2v) is 14.2. The Hall–Kier alpha value is -6.24. The number of azide groups is 2. The zero-order valence-corrected chi connectivity index (χ0v) is 30.5. The van der Waals surface area contributed by atoms with Gasteiger partial charge in [0, 0.05) is 46.2 Å². The van der Waals surface area contributed by atoms with Crippen LogP contribution in [0, 0.1) is 13.8 Å². The van der Waals surface area contributed by atoms with E-state index in [1.54, 1.807) is 30.3 Å². The minimum Gasteiger partial charge on any atom is -0.423 e. The summed E-state index contributed by atoms with van der Waals surface area (Å²) in [6, 6.07) is 11.8. The smallest absolute Gasteiger partial charge is 0.423 e. The Balaban J connectivity index is 1.28. The van der Waals surface area contributed by atoms with Gasteiger partial charge >= 0.3 is 25.2 Å². The lowest BCUT2D eigenvalue weighted by molar-refractivity contribution is -0.0393. The third-order valence-electron chi connectivity index (χ3n) is 8.79. The van der Waals surface area contributed by atoms with Crippen LogP contribution in [0.5, 0.6) is 11.5 Å². The minimum absolute atomic E-state index is 0.0433. The standard InChI is InChI=1S/C33H33N10O12P/c1-18-14-42(32(47)36-29(18)44)27-12-22(38-40-34)25(53-27)16-50-56(49,55-24-11-7-6-10-21(24)31(46)52-20-8-4-3-5-9-20)51-17-26-23(39-41-35)13-28(54-26)43-15-19(2)30(45)37-33(43)48/h3-11,14-15,22-23,25-28H,12-13,16-17H2,1-2H3,(H,36,44,47)(H,37,45,48)/t22-,23-,25+,26+,27+,28+/m0/s1. The number of rotatable bonds is 14. The first-order chi connectivity index (χ1) is 26.9. The number of aromatic amines is 2. The molecule has 0 aliphatic carbocycles. The molecule has 4 aromatic rings. The Morgan fingerprint density at radius 3 is 1.79 bits per heavy atom. The topological polar surface area (TPSA) is 297 Å². The number of carbonyl (C=O) groups excluding carboxylic acids is 1. The number of hydrogen-bond acceptors (Lipinski definition) is 14. The van der Waals surface area contributed by atoms with E-state index >= 15 is 0 Å². The minimum atomic E-state index is -4.89. The van der Waals surface area contributed by atoms with E-state index in [2.05, 4.69) is 30.0 Å². The summed E-state index contributed by atoms with van der Waals surface area (Å²) >= 11 is 0. The van der Waals surface area contributed by atoms with Crippen molar-refractivity contribution in [2.45, 2.75) is 63.4 Å². The lowest BCUT2D eigenvalue weighted by Gasteiger charge is -2.24. The lowest BCUT2D eigenvalue weighted by Crippen LogP contribution is -2.33. The average Bonchev–Trinajstić information content (AvgIpc) is 3.77. The number of nitrogens with zero attached hydrogens (tertiary/aromatic N) is 8. The van der Waals surface area contributed by atoms with Gasteiger partial charge in [0.2, 0.25) is 0 Å². The number of phosphoric acid groups is 1. The van der Waals surface area contributed by atoms with Gasteiger partial charge in [0.1, 0.15) is 29.5 Å². The highest BCUT2D eigenvalue weighted by Crippen LogP contribution is 2.52. The Bertz CT molecular complexity index is 2370. The molecule has 292 valence electrons. The van der Waals surface area contributed by atoms with Crippen molar-refractivity contribution in [1.82, 2.24) is 19.1 Å². The molecular formula is C33H33N10O12P. The van der Waals surface area contributed by atoms with Crippen LogP contribution in [0.1, 0.15) is 46.8 Å². The van der Waals surface area contributed by atoms with Gasteiger partial charge in [-0.3, -0.25) is 37.7 Å². The van der Waals surface area contributed by atoms with Gasteiger partial charge in [-0.1, -0.05) is 40.6 Å². The number of nitrogens with one attached hydrogen (secondary N) is 2.